The minimum atomic E-state index is -0.566. The van der Waals surface area contributed by atoms with Gasteiger partial charge in [-0.2, -0.15) is 0 Å². The smallest absolute Gasteiger partial charge is 0.310 e. The second-order valence-corrected chi connectivity index (χ2v) is 3.79. The van der Waals surface area contributed by atoms with Gasteiger partial charge in [-0.05, 0) is 6.07 Å². The molecule has 7 heteroatoms. The number of nitrogens with one attached hydrogen (secondary N) is 1. The summed E-state index contributed by atoms with van der Waals surface area (Å²) in [5, 5.41) is 13.3. The number of rotatable bonds is 6. The fourth-order valence-corrected chi connectivity index (χ4v) is 1.50. The third-order valence-corrected chi connectivity index (χ3v) is 2.45. The number of hydrogen-bond acceptors (Lipinski definition) is 4. The number of hydrogen-bond donors (Lipinski definition) is 1. The first-order valence-corrected chi connectivity index (χ1v) is 5.95. The first-order chi connectivity index (χ1) is 9.10. The Morgan fingerprint density at radius 3 is 2.84 bits per heavy atom. The highest BCUT2D eigenvalue weighted by Crippen LogP contribution is 2.27. The number of allylic oxidation sites excluding steroid dienone is 1. The lowest BCUT2D eigenvalue weighted by Gasteiger charge is -2.05. The number of alkyl halides is 1. The van der Waals surface area contributed by atoms with Gasteiger partial charge < -0.3 is 10.1 Å². The van der Waals surface area contributed by atoms with Gasteiger partial charge in [-0.15, -0.1) is 11.6 Å². The minimum Gasteiger partial charge on any atom is -0.490 e. The Morgan fingerprint density at radius 2 is 2.26 bits per heavy atom. The largest absolute Gasteiger partial charge is 0.490 e. The molecule has 0 fully saturated rings. The Balaban J connectivity index is 2.81. The molecule has 19 heavy (non-hydrogen) atoms. The van der Waals surface area contributed by atoms with Gasteiger partial charge in [0, 0.05) is 30.1 Å². The van der Waals surface area contributed by atoms with Crippen molar-refractivity contribution in [3.63, 3.8) is 0 Å². The van der Waals surface area contributed by atoms with Crippen LogP contribution in [0.3, 0.4) is 0 Å². The summed E-state index contributed by atoms with van der Waals surface area (Å²) in [6, 6.07) is 3.95. The van der Waals surface area contributed by atoms with E-state index in [4.69, 9.17) is 16.3 Å². The van der Waals surface area contributed by atoms with Crippen LogP contribution in [-0.2, 0) is 0 Å². The summed E-state index contributed by atoms with van der Waals surface area (Å²) >= 11 is 5.44. The van der Waals surface area contributed by atoms with Crippen LogP contribution < -0.4 is 10.1 Å². The molecule has 0 aromatic heterocycles. The van der Waals surface area contributed by atoms with Crippen LogP contribution in [0.4, 0.5) is 5.69 Å². The molecule has 0 heterocycles. The molecular formula is C12H13ClN2O4. The van der Waals surface area contributed by atoms with E-state index in [2.05, 4.69) is 5.32 Å². The van der Waals surface area contributed by atoms with E-state index in [1.165, 1.54) is 25.3 Å². The number of carbonyl (C=O) groups excluding carboxylic acids is 1. The number of methoxy groups -OCH3 is 1. The molecule has 6 nitrogen and oxygen atoms in total. The Morgan fingerprint density at radius 1 is 1.53 bits per heavy atom. The van der Waals surface area contributed by atoms with Crippen LogP contribution in [-0.4, -0.2) is 30.4 Å². The van der Waals surface area contributed by atoms with Crippen molar-refractivity contribution in [3.05, 3.63) is 46.0 Å². The van der Waals surface area contributed by atoms with Crippen molar-refractivity contribution in [1.82, 2.24) is 5.32 Å². The maximum absolute atomic E-state index is 11.8. The maximum Gasteiger partial charge on any atom is 0.310 e. The number of benzene rings is 1. The highest BCUT2D eigenvalue weighted by molar-refractivity contribution is 6.18. The highest BCUT2D eigenvalue weighted by Gasteiger charge is 2.16. The molecular weight excluding hydrogens is 272 g/mol. The van der Waals surface area contributed by atoms with E-state index >= 15 is 0 Å². The average Bonchev–Trinajstić information content (AvgIpc) is 2.42. The molecule has 1 aromatic carbocycles. The summed E-state index contributed by atoms with van der Waals surface area (Å²) < 4.78 is 4.89. The zero-order valence-corrected chi connectivity index (χ0v) is 11.0. The van der Waals surface area contributed by atoms with Gasteiger partial charge >= 0.3 is 5.69 Å². The molecule has 0 radical (unpaired) electrons. The van der Waals surface area contributed by atoms with Gasteiger partial charge in [0.2, 0.25) is 0 Å². The van der Waals surface area contributed by atoms with Crippen molar-refractivity contribution < 1.29 is 14.5 Å². The minimum absolute atomic E-state index is 0.0500. The summed E-state index contributed by atoms with van der Waals surface area (Å²) in [7, 11) is 1.31. The molecule has 0 aliphatic rings. The van der Waals surface area contributed by atoms with Crippen LogP contribution >= 0.6 is 11.6 Å². The summed E-state index contributed by atoms with van der Waals surface area (Å²) in [5.41, 5.74) is 0.114. The summed E-state index contributed by atoms with van der Waals surface area (Å²) in [4.78, 5) is 21.9. The van der Waals surface area contributed by atoms with Crippen LogP contribution in [0.15, 0.2) is 30.4 Å². The van der Waals surface area contributed by atoms with Crippen molar-refractivity contribution in [2.75, 3.05) is 19.5 Å². The number of ether oxygens (including phenoxy) is 1. The lowest BCUT2D eigenvalue weighted by molar-refractivity contribution is -0.385. The zero-order chi connectivity index (χ0) is 14.3. The van der Waals surface area contributed by atoms with Crippen LogP contribution in [0.5, 0.6) is 5.75 Å². The monoisotopic (exact) mass is 284 g/mol. The highest BCUT2D eigenvalue weighted by atomic mass is 35.5. The number of nitrogens with zero attached hydrogens (tertiary/aromatic N) is 1. The molecule has 0 atom stereocenters. The van der Waals surface area contributed by atoms with Crippen LogP contribution in [0.1, 0.15) is 10.4 Å². The molecule has 0 unspecified atom stereocenters. The predicted molar refractivity (Wildman–Crippen MR) is 71.8 cm³/mol. The fourth-order valence-electron chi connectivity index (χ4n) is 1.37. The second-order valence-electron chi connectivity index (χ2n) is 3.48. The van der Waals surface area contributed by atoms with Gasteiger partial charge in [0.1, 0.15) is 0 Å². The third kappa shape index (κ3) is 4.26. The Hall–Kier alpha value is -2.08. The maximum atomic E-state index is 11.8. The van der Waals surface area contributed by atoms with E-state index in [1.54, 1.807) is 12.2 Å². The van der Waals surface area contributed by atoms with Gasteiger partial charge in [0.25, 0.3) is 5.91 Å². The van der Waals surface area contributed by atoms with E-state index in [-0.39, 0.29) is 17.3 Å². The van der Waals surface area contributed by atoms with Gasteiger partial charge in [-0.25, -0.2) is 0 Å². The first kappa shape index (κ1) is 15.0. The zero-order valence-electron chi connectivity index (χ0n) is 10.3. The molecule has 1 N–H and O–H groups in total. The molecule has 0 aliphatic carbocycles. The van der Waals surface area contributed by atoms with Crippen molar-refractivity contribution in [1.29, 1.82) is 0 Å². The molecule has 0 saturated heterocycles. The van der Waals surface area contributed by atoms with Crippen molar-refractivity contribution in [2.24, 2.45) is 0 Å². The van der Waals surface area contributed by atoms with Crippen LogP contribution in [0.2, 0.25) is 0 Å². The quantitative estimate of drug-likeness (QED) is 0.375. The number of carbonyl (C=O) groups is 1. The van der Waals surface area contributed by atoms with Crippen LogP contribution in [0, 0.1) is 10.1 Å². The van der Waals surface area contributed by atoms with E-state index in [9.17, 15) is 14.9 Å². The number of nitro benzene ring substituents is 1. The summed E-state index contributed by atoms with van der Waals surface area (Å²) in [5.74, 6) is 0.0858. The summed E-state index contributed by atoms with van der Waals surface area (Å²) in [6.07, 6.45) is 3.42. The average molecular weight is 285 g/mol. The molecule has 1 rings (SSSR count). The molecule has 0 saturated carbocycles. The summed E-state index contributed by atoms with van der Waals surface area (Å²) in [6.45, 7) is 0.338. The lowest BCUT2D eigenvalue weighted by atomic mass is 10.1. The Kier molecular flexibility index (Phi) is 5.81. The normalized spacial score (nSPS) is 10.4. The number of nitro groups is 1. The molecule has 102 valence electrons. The number of halogens is 1. The second kappa shape index (κ2) is 7.38. The van der Waals surface area contributed by atoms with Gasteiger partial charge in [0.05, 0.1) is 12.0 Å². The molecule has 1 amide bonds. The van der Waals surface area contributed by atoms with Crippen molar-refractivity contribution in [2.45, 2.75) is 0 Å². The van der Waals surface area contributed by atoms with Crippen molar-refractivity contribution >= 4 is 23.2 Å². The predicted octanol–water partition coefficient (Wildman–Crippen LogP) is 2.13. The van der Waals surface area contributed by atoms with E-state index < -0.39 is 4.92 Å². The van der Waals surface area contributed by atoms with Gasteiger partial charge in [-0.1, -0.05) is 12.2 Å². The SMILES string of the molecule is COc1cc(C(=O)NC/C=C/CCl)ccc1[N+](=O)[O-]. The Bertz CT molecular complexity index is 503. The standard InChI is InChI=1S/C12H13ClN2O4/c1-19-11-8-9(4-5-10(11)15(17)18)12(16)14-7-3-2-6-13/h2-5,8H,6-7H2,1H3,(H,14,16)/b3-2+. The molecule has 0 aliphatic heterocycles. The van der Waals surface area contributed by atoms with Gasteiger partial charge in [0.15, 0.2) is 5.75 Å². The van der Waals surface area contributed by atoms with Crippen LogP contribution in [0.25, 0.3) is 0 Å². The van der Waals surface area contributed by atoms with E-state index in [0.29, 0.717) is 18.0 Å². The molecule has 0 bridgehead atoms. The fraction of sp³-hybridized carbons (Fsp3) is 0.250. The lowest BCUT2D eigenvalue weighted by Crippen LogP contribution is -2.23. The van der Waals surface area contributed by atoms with Crippen molar-refractivity contribution in [3.8, 4) is 5.75 Å². The third-order valence-electron chi connectivity index (χ3n) is 2.27. The van der Waals surface area contributed by atoms with E-state index in [0.717, 1.165) is 0 Å². The van der Waals surface area contributed by atoms with E-state index in [1.807, 2.05) is 0 Å². The topological polar surface area (TPSA) is 81.5 Å². The van der Waals surface area contributed by atoms with Gasteiger partial charge in [-0.3, -0.25) is 14.9 Å². The number of amides is 1. The first-order valence-electron chi connectivity index (χ1n) is 5.41. The molecule has 0 spiro atoms. The molecule has 1 aromatic rings. The Labute approximate surface area is 115 Å².